The first-order chi connectivity index (χ1) is 14.9. The minimum atomic E-state index is -0.727. The predicted octanol–water partition coefficient (Wildman–Crippen LogP) is 3.30. The topological polar surface area (TPSA) is 76.4 Å². The molecule has 0 spiro atoms. The zero-order valence-corrected chi connectivity index (χ0v) is 18.5. The second-order valence-corrected chi connectivity index (χ2v) is 7.71. The van der Waals surface area contributed by atoms with Gasteiger partial charge in [-0.1, -0.05) is 24.3 Å². The number of halogens is 3. The highest BCUT2D eigenvalue weighted by Crippen LogP contribution is 2.21. The van der Waals surface area contributed by atoms with Crippen molar-refractivity contribution < 1.29 is 18.6 Å². The molecule has 0 unspecified atom stereocenters. The van der Waals surface area contributed by atoms with Gasteiger partial charge in [0, 0.05) is 24.7 Å². The summed E-state index contributed by atoms with van der Waals surface area (Å²) < 4.78 is 34.0. The number of ether oxygens (including phenoxy) is 1. The Morgan fingerprint density at radius 2 is 1.97 bits per heavy atom. The molecule has 3 aromatic rings. The molecule has 1 heterocycles. The van der Waals surface area contributed by atoms with Crippen molar-refractivity contribution >= 4 is 15.9 Å². The van der Waals surface area contributed by atoms with Crippen molar-refractivity contribution in [2.45, 2.75) is 26.6 Å². The summed E-state index contributed by atoms with van der Waals surface area (Å²) in [6.07, 6.45) is 0. The molecule has 2 aromatic carbocycles. The van der Waals surface area contributed by atoms with Crippen LogP contribution in [0.1, 0.15) is 22.5 Å². The van der Waals surface area contributed by atoms with Gasteiger partial charge >= 0.3 is 0 Å². The number of aliphatic hydroxyl groups excluding tert-OH is 1. The van der Waals surface area contributed by atoms with Crippen molar-refractivity contribution in [3.63, 3.8) is 0 Å². The molecule has 2 N–H and O–H groups in total. The minimum Gasteiger partial charge on any atom is -0.472 e. The molecule has 0 radical (unpaired) electrons. The molecule has 6 nitrogen and oxygen atoms in total. The van der Waals surface area contributed by atoms with Crippen LogP contribution in [-0.4, -0.2) is 27.8 Å². The summed E-state index contributed by atoms with van der Waals surface area (Å²) in [6, 6.07) is 11.0. The van der Waals surface area contributed by atoms with Crippen molar-refractivity contribution in [2.75, 3.05) is 13.2 Å². The summed E-state index contributed by atoms with van der Waals surface area (Å²) >= 11 is 3.23. The van der Waals surface area contributed by atoms with E-state index in [0.29, 0.717) is 25.5 Å². The SMILES string of the molecule is Cc1nc(OCc2ccc(F)cc2F)c(Br)c(=O)n1Cc1cccc(CNCCO)c1. The molecule has 0 aliphatic rings. The highest BCUT2D eigenvalue weighted by molar-refractivity contribution is 9.10. The third-order valence-corrected chi connectivity index (χ3v) is 5.28. The molecule has 0 atom stereocenters. The maximum Gasteiger partial charge on any atom is 0.272 e. The van der Waals surface area contributed by atoms with Crippen LogP contribution in [0.2, 0.25) is 0 Å². The first-order valence-corrected chi connectivity index (χ1v) is 10.4. The van der Waals surface area contributed by atoms with Gasteiger partial charge in [-0.2, -0.15) is 4.98 Å². The van der Waals surface area contributed by atoms with Gasteiger partial charge in [0.15, 0.2) is 0 Å². The van der Waals surface area contributed by atoms with E-state index in [1.165, 1.54) is 10.6 Å². The fourth-order valence-electron chi connectivity index (χ4n) is 3.01. The molecule has 164 valence electrons. The summed E-state index contributed by atoms with van der Waals surface area (Å²) in [7, 11) is 0. The van der Waals surface area contributed by atoms with Crippen molar-refractivity contribution in [1.82, 2.24) is 14.9 Å². The molecule has 9 heteroatoms. The summed E-state index contributed by atoms with van der Waals surface area (Å²) in [5.41, 5.74) is 1.78. The van der Waals surface area contributed by atoms with E-state index in [1.54, 1.807) is 6.92 Å². The lowest BCUT2D eigenvalue weighted by atomic mass is 10.1. The summed E-state index contributed by atoms with van der Waals surface area (Å²) in [6.45, 7) is 2.99. The smallest absolute Gasteiger partial charge is 0.272 e. The van der Waals surface area contributed by atoms with Crippen LogP contribution >= 0.6 is 15.9 Å². The Labute approximate surface area is 186 Å². The standard InChI is InChI=1S/C22H22BrF2N3O3/c1-14-27-21(31-13-17-5-6-18(24)10-19(17)25)20(23)22(30)28(14)12-16-4-2-3-15(9-16)11-26-7-8-29/h2-6,9-10,26,29H,7-8,11-13H2,1H3. The largest absolute Gasteiger partial charge is 0.472 e. The minimum absolute atomic E-state index is 0.0458. The lowest BCUT2D eigenvalue weighted by molar-refractivity contribution is 0.282. The summed E-state index contributed by atoms with van der Waals surface area (Å²) in [5, 5.41) is 12.0. The maximum atomic E-state index is 13.8. The quantitative estimate of drug-likeness (QED) is 0.447. The van der Waals surface area contributed by atoms with Gasteiger partial charge in [-0.05, 0) is 46.1 Å². The molecule has 0 saturated carbocycles. The average molecular weight is 494 g/mol. The molecule has 0 saturated heterocycles. The van der Waals surface area contributed by atoms with E-state index in [2.05, 4.69) is 26.2 Å². The molecule has 0 amide bonds. The highest BCUT2D eigenvalue weighted by Gasteiger charge is 2.15. The van der Waals surface area contributed by atoms with Gasteiger partial charge in [-0.3, -0.25) is 9.36 Å². The van der Waals surface area contributed by atoms with Gasteiger partial charge in [-0.25, -0.2) is 8.78 Å². The van der Waals surface area contributed by atoms with Crippen molar-refractivity contribution in [2.24, 2.45) is 0 Å². The van der Waals surface area contributed by atoms with Crippen LogP contribution in [0.4, 0.5) is 8.78 Å². The zero-order chi connectivity index (χ0) is 22.4. The first-order valence-electron chi connectivity index (χ1n) is 9.62. The molecule has 0 aliphatic heterocycles. The molecule has 0 aliphatic carbocycles. The molecular formula is C22H22BrF2N3O3. The fourth-order valence-corrected chi connectivity index (χ4v) is 3.43. The first kappa shape index (κ1) is 23.1. The summed E-state index contributed by atoms with van der Waals surface area (Å²) in [5.74, 6) is -0.919. The van der Waals surface area contributed by atoms with Crippen molar-refractivity contribution in [1.29, 1.82) is 0 Å². The Bertz CT molecular complexity index is 1120. The number of nitrogens with one attached hydrogen (secondary N) is 1. The van der Waals surface area contributed by atoms with E-state index in [4.69, 9.17) is 9.84 Å². The lowest BCUT2D eigenvalue weighted by Gasteiger charge is -2.14. The number of hydrogen-bond donors (Lipinski definition) is 2. The van der Waals surface area contributed by atoms with E-state index in [-0.39, 0.29) is 34.7 Å². The Balaban J connectivity index is 1.77. The van der Waals surface area contributed by atoms with E-state index >= 15 is 0 Å². The van der Waals surface area contributed by atoms with E-state index in [1.807, 2.05) is 24.3 Å². The number of nitrogens with zero attached hydrogens (tertiary/aromatic N) is 2. The van der Waals surface area contributed by atoms with Crippen molar-refractivity contribution in [3.05, 3.63) is 91.4 Å². The number of aliphatic hydroxyl groups is 1. The number of rotatable bonds is 9. The number of aromatic nitrogens is 2. The normalized spacial score (nSPS) is 11.0. The monoisotopic (exact) mass is 493 g/mol. The van der Waals surface area contributed by atoms with Crippen molar-refractivity contribution in [3.8, 4) is 5.88 Å². The predicted molar refractivity (Wildman–Crippen MR) is 116 cm³/mol. The molecule has 0 bridgehead atoms. The third kappa shape index (κ3) is 5.96. The van der Waals surface area contributed by atoms with Crippen LogP contribution in [0.15, 0.2) is 51.7 Å². The fraction of sp³-hybridized carbons (Fsp3) is 0.273. The van der Waals surface area contributed by atoms with E-state index in [0.717, 1.165) is 23.3 Å². The van der Waals surface area contributed by atoms with E-state index in [9.17, 15) is 13.6 Å². The number of benzene rings is 2. The molecule has 0 fully saturated rings. The Morgan fingerprint density at radius 3 is 2.71 bits per heavy atom. The Hall–Kier alpha value is -2.62. The van der Waals surface area contributed by atoms with Gasteiger partial charge in [0.2, 0.25) is 5.88 Å². The highest BCUT2D eigenvalue weighted by atomic mass is 79.9. The zero-order valence-electron chi connectivity index (χ0n) is 16.9. The van der Waals surface area contributed by atoms with E-state index < -0.39 is 11.6 Å². The second kappa shape index (κ2) is 10.6. The molecule has 1 aromatic heterocycles. The number of hydrogen-bond acceptors (Lipinski definition) is 5. The molecule has 31 heavy (non-hydrogen) atoms. The molecular weight excluding hydrogens is 472 g/mol. The van der Waals surface area contributed by atoms with Gasteiger partial charge in [0.1, 0.15) is 28.5 Å². The van der Waals surface area contributed by atoms with Crippen LogP contribution in [0.25, 0.3) is 0 Å². The second-order valence-electron chi connectivity index (χ2n) is 6.91. The van der Waals surface area contributed by atoms with Crippen LogP contribution in [-0.2, 0) is 19.7 Å². The maximum absolute atomic E-state index is 13.8. The third-order valence-electron chi connectivity index (χ3n) is 4.60. The van der Waals surface area contributed by atoms with Gasteiger partial charge in [0.25, 0.3) is 5.56 Å². The van der Waals surface area contributed by atoms with Crippen LogP contribution in [0.3, 0.4) is 0 Å². The lowest BCUT2D eigenvalue weighted by Crippen LogP contribution is -2.26. The average Bonchev–Trinajstić information content (AvgIpc) is 2.74. The number of aryl methyl sites for hydroxylation is 1. The summed E-state index contributed by atoms with van der Waals surface area (Å²) in [4.78, 5) is 17.2. The van der Waals surface area contributed by atoms with Gasteiger partial charge < -0.3 is 15.2 Å². The van der Waals surface area contributed by atoms with Crippen LogP contribution in [0.5, 0.6) is 5.88 Å². The molecule has 3 rings (SSSR count). The van der Waals surface area contributed by atoms with Gasteiger partial charge in [-0.15, -0.1) is 0 Å². The van der Waals surface area contributed by atoms with Crippen LogP contribution < -0.4 is 15.6 Å². The Morgan fingerprint density at radius 1 is 1.19 bits per heavy atom. The van der Waals surface area contributed by atoms with Crippen LogP contribution in [0, 0.1) is 18.6 Å². The Kier molecular flexibility index (Phi) is 7.89. The van der Waals surface area contributed by atoms with Gasteiger partial charge in [0.05, 0.1) is 13.2 Å².